The molecule has 8 heteroatoms. The Morgan fingerprint density at radius 3 is 3.00 bits per heavy atom. The number of hydrogen-bond acceptors (Lipinski definition) is 7. The standard InChI is InChI=1S/C15H24N2O6/c1-20-8-12-6-10(17-23-12)5-11-3-4-13(18)14(22-11)7-16-15(19)9-21-2/h6,11,13-14,18H,3-5,7-9H2,1-2H3,(H,16,19)/t11-,13-,14+/m0/s1. The average Bonchev–Trinajstić information content (AvgIpc) is 2.96. The van der Waals surface area contributed by atoms with E-state index < -0.39 is 12.2 Å². The molecule has 2 heterocycles. The minimum absolute atomic E-state index is 0.00649. The number of hydrogen-bond donors (Lipinski definition) is 2. The number of aromatic nitrogens is 1. The van der Waals surface area contributed by atoms with Crippen molar-refractivity contribution in [2.45, 2.75) is 44.2 Å². The number of carbonyl (C=O) groups excluding carboxylic acids is 1. The van der Waals surface area contributed by atoms with E-state index in [0.29, 0.717) is 25.2 Å². The molecule has 1 saturated heterocycles. The lowest BCUT2D eigenvalue weighted by Crippen LogP contribution is -2.47. The second-order valence-electron chi connectivity index (χ2n) is 5.60. The number of carbonyl (C=O) groups is 1. The van der Waals surface area contributed by atoms with Crippen molar-refractivity contribution in [1.29, 1.82) is 0 Å². The van der Waals surface area contributed by atoms with Gasteiger partial charge in [0.2, 0.25) is 5.91 Å². The lowest BCUT2D eigenvalue weighted by atomic mass is 9.98. The first-order valence-electron chi connectivity index (χ1n) is 7.65. The van der Waals surface area contributed by atoms with Crippen LogP contribution in [0.4, 0.5) is 0 Å². The molecule has 1 fully saturated rings. The Balaban J connectivity index is 1.82. The van der Waals surface area contributed by atoms with Crippen molar-refractivity contribution in [2.75, 3.05) is 27.4 Å². The molecule has 0 radical (unpaired) electrons. The Hall–Kier alpha value is -1.48. The molecule has 1 aromatic heterocycles. The molecule has 2 rings (SSSR count). The number of amides is 1. The summed E-state index contributed by atoms with van der Waals surface area (Å²) in [7, 11) is 3.05. The quantitative estimate of drug-likeness (QED) is 0.694. The summed E-state index contributed by atoms with van der Waals surface area (Å²) in [6.45, 7) is 0.631. The highest BCUT2D eigenvalue weighted by Crippen LogP contribution is 2.22. The van der Waals surface area contributed by atoms with E-state index in [9.17, 15) is 9.90 Å². The summed E-state index contributed by atoms with van der Waals surface area (Å²) in [5.41, 5.74) is 0.792. The molecule has 0 unspecified atom stereocenters. The van der Waals surface area contributed by atoms with E-state index in [1.165, 1.54) is 7.11 Å². The van der Waals surface area contributed by atoms with Crippen LogP contribution in [-0.2, 0) is 32.0 Å². The van der Waals surface area contributed by atoms with Crippen LogP contribution in [0.1, 0.15) is 24.3 Å². The molecular formula is C15H24N2O6. The third kappa shape index (κ3) is 5.58. The van der Waals surface area contributed by atoms with Crippen LogP contribution in [-0.4, -0.2) is 61.9 Å². The van der Waals surface area contributed by atoms with Crippen molar-refractivity contribution in [3.05, 3.63) is 17.5 Å². The van der Waals surface area contributed by atoms with Gasteiger partial charge in [0.05, 0.1) is 17.9 Å². The van der Waals surface area contributed by atoms with E-state index in [1.807, 2.05) is 6.07 Å². The average molecular weight is 328 g/mol. The van der Waals surface area contributed by atoms with Crippen LogP contribution >= 0.6 is 0 Å². The Morgan fingerprint density at radius 2 is 2.26 bits per heavy atom. The molecule has 3 atom stereocenters. The zero-order valence-corrected chi connectivity index (χ0v) is 13.5. The van der Waals surface area contributed by atoms with Crippen LogP contribution in [0, 0.1) is 0 Å². The van der Waals surface area contributed by atoms with Gasteiger partial charge in [-0.15, -0.1) is 0 Å². The Bertz CT molecular complexity index is 492. The van der Waals surface area contributed by atoms with Crippen LogP contribution in [0.5, 0.6) is 0 Å². The molecule has 8 nitrogen and oxygen atoms in total. The fourth-order valence-electron chi connectivity index (χ4n) is 2.57. The SMILES string of the molecule is COCC(=O)NC[C@H]1O[C@H](Cc2cc(COC)on2)CC[C@@H]1O. The highest BCUT2D eigenvalue weighted by atomic mass is 16.5. The lowest BCUT2D eigenvalue weighted by molar-refractivity contribution is -0.131. The first-order valence-corrected chi connectivity index (χ1v) is 7.65. The monoisotopic (exact) mass is 328 g/mol. The fraction of sp³-hybridized carbons (Fsp3) is 0.733. The van der Waals surface area contributed by atoms with Gasteiger partial charge in [0.25, 0.3) is 0 Å². The summed E-state index contributed by atoms with van der Waals surface area (Å²) in [5, 5.41) is 16.7. The molecule has 0 bridgehead atoms. The van der Waals surface area contributed by atoms with Crippen LogP contribution in [0.15, 0.2) is 10.6 Å². The van der Waals surface area contributed by atoms with Gasteiger partial charge in [0, 0.05) is 33.3 Å². The molecule has 1 amide bonds. The molecule has 0 spiro atoms. The van der Waals surface area contributed by atoms with Crippen molar-refractivity contribution < 1.29 is 28.6 Å². The van der Waals surface area contributed by atoms with Crippen molar-refractivity contribution in [3.8, 4) is 0 Å². The lowest BCUT2D eigenvalue weighted by Gasteiger charge is -2.33. The molecular weight excluding hydrogens is 304 g/mol. The number of nitrogens with zero attached hydrogens (tertiary/aromatic N) is 1. The Labute approximate surface area is 135 Å². The molecule has 2 N–H and O–H groups in total. The van der Waals surface area contributed by atoms with Gasteiger partial charge in [0.1, 0.15) is 19.3 Å². The molecule has 1 aromatic rings. The molecule has 1 aliphatic rings. The normalized spacial score (nSPS) is 24.6. The molecule has 0 aliphatic carbocycles. The second kappa shape index (κ2) is 8.97. The van der Waals surface area contributed by atoms with Crippen molar-refractivity contribution in [2.24, 2.45) is 0 Å². The van der Waals surface area contributed by atoms with Crippen molar-refractivity contribution in [1.82, 2.24) is 10.5 Å². The topological polar surface area (TPSA) is 103 Å². The zero-order valence-electron chi connectivity index (χ0n) is 13.5. The second-order valence-corrected chi connectivity index (χ2v) is 5.60. The van der Waals surface area contributed by atoms with Gasteiger partial charge in [-0.1, -0.05) is 5.16 Å². The van der Waals surface area contributed by atoms with E-state index in [-0.39, 0.29) is 25.2 Å². The summed E-state index contributed by atoms with van der Waals surface area (Å²) in [6, 6.07) is 1.84. The van der Waals surface area contributed by atoms with Crippen LogP contribution in [0.3, 0.4) is 0 Å². The van der Waals surface area contributed by atoms with Gasteiger partial charge >= 0.3 is 0 Å². The van der Waals surface area contributed by atoms with Crippen molar-refractivity contribution >= 4 is 5.91 Å². The maximum Gasteiger partial charge on any atom is 0.246 e. The molecule has 23 heavy (non-hydrogen) atoms. The number of aliphatic hydroxyl groups excluding tert-OH is 1. The van der Waals surface area contributed by atoms with Gasteiger partial charge in [-0.2, -0.15) is 0 Å². The maximum atomic E-state index is 11.4. The van der Waals surface area contributed by atoms with E-state index in [0.717, 1.165) is 12.1 Å². The van der Waals surface area contributed by atoms with E-state index in [2.05, 4.69) is 10.5 Å². The van der Waals surface area contributed by atoms with Gasteiger partial charge in [-0.3, -0.25) is 4.79 Å². The smallest absolute Gasteiger partial charge is 0.246 e. The third-order valence-corrected chi connectivity index (χ3v) is 3.69. The summed E-state index contributed by atoms with van der Waals surface area (Å²) >= 11 is 0. The molecule has 0 aromatic carbocycles. The number of rotatable bonds is 8. The van der Waals surface area contributed by atoms with Crippen LogP contribution in [0.2, 0.25) is 0 Å². The summed E-state index contributed by atoms with van der Waals surface area (Å²) in [5.74, 6) is 0.438. The predicted molar refractivity (Wildman–Crippen MR) is 79.7 cm³/mol. The molecule has 1 aliphatic heterocycles. The molecule has 0 saturated carbocycles. The minimum Gasteiger partial charge on any atom is -0.390 e. The third-order valence-electron chi connectivity index (χ3n) is 3.69. The number of ether oxygens (including phenoxy) is 3. The van der Waals surface area contributed by atoms with Crippen LogP contribution < -0.4 is 5.32 Å². The summed E-state index contributed by atoms with van der Waals surface area (Å²) < 4.78 is 20.8. The number of methoxy groups -OCH3 is 2. The highest BCUT2D eigenvalue weighted by Gasteiger charge is 2.30. The van der Waals surface area contributed by atoms with E-state index >= 15 is 0 Å². The number of nitrogens with one attached hydrogen (secondary N) is 1. The van der Waals surface area contributed by atoms with Gasteiger partial charge in [0.15, 0.2) is 5.76 Å². The summed E-state index contributed by atoms with van der Waals surface area (Å²) in [6.07, 6.45) is 0.871. The maximum absolute atomic E-state index is 11.4. The largest absolute Gasteiger partial charge is 0.390 e. The first kappa shape index (κ1) is 17.9. The van der Waals surface area contributed by atoms with Gasteiger partial charge in [-0.25, -0.2) is 0 Å². The highest BCUT2D eigenvalue weighted by molar-refractivity contribution is 5.77. The van der Waals surface area contributed by atoms with Gasteiger partial charge < -0.3 is 29.2 Å². The fourth-order valence-corrected chi connectivity index (χ4v) is 2.57. The Kier molecular flexibility index (Phi) is 6.97. The molecule has 130 valence electrons. The first-order chi connectivity index (χ1) is 11.1. The number of aliphatic hydroxyl groups is 1. The van der Waals surface area contributed by atoms with E-state index in [1.54, 1.807) is 7.11 Å². The summed E-state index contributed by atoms with van der Waals surface area (Å²) in [4.78, 5) is 11.4. The van der Waals surface area contributed by atoms with Crippen LogP contribution in [0.25, 0.3) is 0 Å². The zero-order chi connectivity index (χ0) is 16.7. The predicted octanol–water partition coefficient (Wildman–Crippen LogP) is 0.0346. The minimum atomic E-state index is -0.588. The van der Waals surface area contributed by atoms with E-state index in [4.69, 9.17) is 18.7 Å². The van der Waals surface area contributed by atoms with Crippen molar-refractivity contribution in [3.63, 3.8) is 0 Å². The Morgan fingerprint density at radius 1 is 1.43 bits per heavy atom. The van der Waals surface area contributed by atoms with Gasteiger partial charge in [-0.05, 0) is 12.8 Å².